The van der Waals surface area contributed by atoms with E-state index >= 15 is 0 Å². The average Bonchev–Trinajstić information content (AvgIpc) is 3.47. The molecule has 0 fully saturated rings. The minimum absolute atomic E-state index is 0. The first-order chi connectivity index (χ1) is 16.6. The first kappa shape index (κ1) is 35.5. The van der Waals surface area contributed by atoms with Crippen LogP contribution >= 0.6 is 24.8 Å². The zero-order chi connectivity index (χ0) is 26.0. The molecule has 0 amide bonds. The second-order valence-electron chi connectivity index (χ2n) is 10.4. The second-order valence-corrected chi connectivity index (χ2v) is 10.4. The van der Waals surface area contributed by atoms with Crippen molar-refractivity contribution in [1.82, 2.24) is 0 Å². The molecule has 0 nitrogen and oxygen atoms in total. The van der Waals surface area contributed by atoms with Gasteiger partial charge in [-0.3, -0.25) is 6.08 Å². The van der Waals surface area contributed by atoms with Crippen molar-refractivity contribution in [3.05, 3.63) is 119 Å². The van der Waals surface area contributed by atoms with E-state index in [9.17, 15) is 0 Å². The van der Waals surface area contributed by atoms with Gasteiger partial charge >= 0.3 is 28.4 Å². The number of rotatable bonds is 1. The summed E-state index contributed by atoms with van der Waals surface area (Å²) in [6.07, 6.45) is 8.95. The molecular weight excluding hydrogens is 571 g/mol. The van der Waals surface area contributed by atoms with Crippen LogP contribution in [0.3, 0.4) is 0 Å². The standard InChI is InChI=1S/C15H13.C12H19.C6H5.CH2.2ClH.Zr/c1-10-3-5-14-12(7-10)9-13-8-11(2)4-6-15(13)14;1-9(2)10-6-7-11(8-10)12(3,4)5;1-2-4-6-5-3-1;;;;/h3-7H,9H2,1-2H3;7-10H,1-5H3;1-5H;1H2;2*1H;/q3*-1;;;;. The van der Waals surface area contributed by atoms with Gasteiger partial charge in [0.25, 0.3) is 0 Å². The van der Waals surface area contributed by atoms with Crippen molar-refractivity contribution in [2.24, 2.45) is 17.3 Å². The van der Waals surface area contributed by atoms with Gasteiger partial charge in [0.05, 0.1) is 0 Å². The predicted octanol–water partition coefficient (Wildman–Crippen LogP) is 9.57. The third-order valence-electron chi connectivity index (χ3n) is 6.07. The van der Waals surface area contributed by atoms with Gasteiger partial charge in [-0.15, -0.1) is 35.9 Å². The largest absolute Gasteiger partial charge is 0.184 e. The van der Waals surface area contributed by atoms with Crippen molar-refractivity contribution < 1.29 is 24.2 Å². The molecule has 0 aromatic heterocycles. The third kappa shape index (κ3) is 11.0. The topological polar surface area (TPSA) is 0 Å². The van der Waals surface area contributed by atoms with Crippen LogP contribution in [-0.2, 0) is 30.7 Å². The van der Waals surface area contributed by atoms with E-state index in [0.29, 0.717) is 11.8 Å². The van der Waals surface area contributed by atoms with Gasteiger partial charge in [-0.2, -0.15) is 71.8 Å². The van der Waals surface area contributed by atoms with Gasteiger partial charge in [0, 0.05) is 0 Å². The molecular formula is C34H41Cl2Zr-3. The minimum atomic E-state index is 0. The molecule has 0 spiro atoms. The summed E-state index contributed by atoms with van der Waals surface area (Å²) in [5.74, 6) is 1.22. The molecule has 0 radical (unpaired) electrons. The summed E-state index contributed by atoms with van der Waals surface area (Å²) in [7, 11) is 0. The van der Waals surface area contributed by atoms with Gasteiger partial charge in [-0.1, -0.05) is 88.1 Å². The van der Waals surface area contributed by atoms with Crippen molar-refractivity contribution in [2.45, 2.75) is 54.9 Å². The maximum absolute atomic E-state index is 3.45. The van der Waals surface area contributed by atoms with E-state index in [1.54, 1.807) is 0 Å². The number of allylic oxidation sites excluding steroid dienone is 4. The van der Waals surface area contributed by atoms with Crippen LogP contribution in [0.5, 0.6) is 0 Å². The fraction of sp³-hybridized carbons (Fsp3) is 0.324. The SMILES string of the molecule is CC(C)C1[C-]=CC(C(C)(C)C)=C1.Cc1[c-]c2c(cc1)-c1ccc(C)cc1C2.Cl.Cl.[CH2]=[Zr].[c-]1ccccc1. The van der Waals surface area contributed by atoms with E-state index in [-0.39, 0.29) is 30.2 Å². The van der Waals surface area contributed by atoms with Crippen molar-refractivity contribution in [3.63, 3.8) is 0 Å². The Hall–Kier alpha value is -1.53. The molecule has 0 saturated heterocycles. The number of hydrogen-bond acceptors (Lipinski definition) is 0. The summed E-state index contributed by atoms with van der Waals surface area (Å²) in [5.41, 5.74) is 9.87. The number of aryl methyl sites for hydroxylation is 2. The normalized spacial score (nSPS) is 14.0. The molecule has 5 rings (SSSR count). The molecule has 1 unspecified atom stereocenters. The number of halogens is 2. The zero-order valence-electron chi connectivity index (χ0n) is 23.3. The van der Waals surface area contributed by atoms with Crippen molar-refractivity contribution >= 4 is 29.0 Å². The van der Waals surface area contributed by atoms with Crippen molar-refractivity contribution in [3.8, 4) is 11.1 Å². The summed E-state index contributed by atoms with van der Waals surface area (Å²) in [4.78, 5) is 0. The number of fused-ring (bicyclic) bond motifs is 3. The van der Waals surface area contributed by atoms with Crippen molar-refractivity contribution in [1.29, 1.82) is 0 Å². The molecule has 0 bridgehead atoms. The summed E-state index contributed by atoms with van der Waals surface area (Å²) in [5, 5.41) is 0. The van der Waals surface area contributed by atoms with E-state index in [0.717, 1.165) is 6.42 Å². The van der Waals surface area contributed by atoms with Gasteiger partial charge in [-0.05, 0) is 18.9 Å². The molecule has 37 heavy (non-hydrogen) atoms. The molecule has 1 atom stereocenters. The average molecular weight is 612 g/mol. The Morgan fingerprint density at radius 1 is 0.919 bits per heavy atom. The van der Waals surface area contributed by atoms with Crippen LogP contribution in [0.15, 0.2) is 78.4 Å². The molecule has 3 heteroatoms. The Labute approximate surface area is 253 Å². The first-order valence-corrected chi connectivity index (χ1v) is 14.1. The molecule has 3 aromatic carbocycles. The quantitative estimate of drug-likeness (QED) is 0.188. The van der Waals surface area contributed by atoms with Crippen molar-refractivity contribution in [2.75, 3.05) is 0 Å². The molecule has 3 aromatic rings. The molecule has 2 aliphatic carbocycles. The molecule has 0 saturated carbocycles. The van der Waals surface area contributed by atoms with Crippen LogP contribution in [0.2, 0.25) is 0 Å². The Kier molecular flexibility index (Phi) is 16.4. The third-order valence-corrected chi connectivity index (χ3v) is 6.07. The van der Waals surface area contributed by atoms with Crippen LogP contribution in [0.4, 0.5) is 0 Å². The molecule has 2 aliphatic rings. The van der Waals surface area contributed by atoms with Gasteiger partial charge < -0.3 is 0 Å². The first-order valence-electron chi connectivity index (χ1n) is 12.3. The van der Waals surface area contributed by atoms with Gasteiger partial charge in [0.1, 0.15) is 0 Å². The predicted molar refractivity (Wildman–Crippen MR) is 164 cm³/mol. The Morgan fingerprint density at radius 3 is 2.00 bits per heavy atom. The van der Waals surface area contributed by atoms with E-state index in [2.05, 4.69) is 113 Å². The van der Waals surface area contributed by atoms with E-state index in [1.165, 1.54) is 63.2 Å². The monoisotopic (exact) mass is 609 g/mol. The summed E-state index contributed by atoms with van der Waals surface area (Å²) >= 11 is 1.30. The fourth-order valence-corrected chi connectivity index (χ4v) is 4.04. The Balaban J connectivity index is 0.000000531. The fourth-order valence-electron chi connectivity index (χ4n) is 4.04. The van der Waals surface area contributed by atoms with E-state index in [1.807, 2.05) is 30.3 Å². The number of benzene rings is 3. The molecule has 198 valence electrons. The van der Waals surface area contributed by atoms with Crippen LogP contribution < -0.4 is 0 Å². The summed E-state index contributed by atoms with van der Waals surface area (Å²) in [6, 6.07) is 27.0. The van der Waals surface area contributed by atoms with E-state index in [4.69, 9.17) is 0 Å². The van der Waals surface area contributed by atoms with Gasteiger partial charge in [0.15, 0.2) is 0 Å². The van der Waals surface area contributed by atoms with Crippen LogP contribution in [0.1, 0.15) is 56.9 Å². The second kappa shape index (κ2) is 17.1. The van der Waals surface area contributed by atoms with Gasteiger partial charge in [-0.25, -0.2) is 6.08 Å². The zero-order valence-corrected chi connectivity index (χ0v) is 27.4. The minimum Gasteiger partial charge on any atom is -0.184 e. The molecule has 0 N–H and O–H groups in total. The van der Waals surface area contributed by atoms with E-state index < -0.39 is 0 Å². The Bertz CT molecular complexity index is 1060. The maximum atomic E-state index is 3.45. The maximum Gasteiger partial charge on any atom is -0.171 e. The smallest absolute Gasteiger partial charge is 0.171 e. The van der Waals surface area contributed by atoms with Gasteiger partial charge in [0.2, 0.25) is 0 Å². The summed E-state index contributed by atoms with van der Waals surface area (Å²) in [6.45, 7) is 15.5. The number of hydrogen-bond donors (Lipinski definition) is 0. The van der Waals surface area contributed by atoms with Crippen LogP contribution in [0, 0.1) is 49.3 Å². The summed E-state index contributed by atoms with van der Waals surface area (Å²) < 4.78 is 3.34. The molecule has 0 heterocycles. The Morgan fingerprint density at radius 2 is 1.54 bits per heavy atom. The van der Waals surface area contributed by atoms with Crippen LogP contribution in [-0.4, -0.2) is 4.21 Å². The molecule has 0 aliphatic heterocycles. The van der Waals surface area contributed by atoms with Crippen LogP contribution in [0.25, 0.3) is 11.1 Å².